The van der Waals surface area contributed by atoms with E-state index < -0.39 is 51.8 Å². The molecule has 310 valence electrons. The lowest BCUT2D eigenvalue weighted by molar-refractivity contribution is -0.161. The van der Waals surface area contributed by atoms with Gasteiger partial charge in [0, 0.05) is 12.8 Å². The van der Waals surface area contributed by atoms with Gasteiger partial charge in [0.15, 0.2) is 6.10 Å². The number of aliphatic hydroxyl groups is 2. The average molecular weight is 789 g/mol. The molecule has 3 N–H and O–H groups in total. The van der Waals surface area contributed by atoms with Crippen molar-refractivity contribution in [1.29, 1.82) is 0 Å². The summed E-state index contributed by atoms with van der Waals surface area (Å²) in [5, 5.41) is 18.3. The number of hydrogen-bond donors (Lipinski definition) is 3. The fourth-order valence-corrected chi connectivity index (χ4v) is 5.22. The Morgan fingerprint density at radius 1 is 0.545 bits per heavy atom. The van der Waals surface area contributed by atoms with Crippen molar-refractivity contribution in [2.24, 2.45) is 0 Å². The maximum atomic E-state index is 12.6. The number of unbranched alkanes of at least 4 members (excludes halogenated alkanes) is 3. The quantitative estimate of drug-likeness (QED) is 0.0245. The monoisotopic (exact) mass is 788 g/mol. The van der Waals surface area contributed by atoms with Gasteiger partial charge in [0.1, 0.15) is 12.7 Å². The molecule has 10 nitrogen and oxygen atoms in total. The molecule has 0 saturated heterocycles. The lowest BCUT2D eigenvalue weighted by atomic mass is 10.2. The molecule has 0 aromatic heterocycles. The molecule has 55 heavy (non-hydrogen) atoms. The predicted octanol–water partition coefficient (Wildman–Crippen LogP) is 10.2. The second-order valence-corrected chi connectivity index (χ2v) is 14.0. The zero-order chi connectivity index (χ0) is 40.5. The zero-order valence-electron chi connectivity index (χ0n) is 33.3. The number of phosphoric acid groups is 1. The maximum absolute atomic E-state index is 12.6. The summed E-state index contributed by atoms with van der Waals surface area (Å²) in [6, 6.07) is 0. The molecular formula is C44H69O10P. The van der Waals surface area contributed by atoms with Crippen molar-refractivity contribution in [1.82, 2.24) is 0 Å². The Morgan fingerprint density at radius 3 is 1.40 bits per heavy atom. The van der Waals surface area contributed by atoms with Crippen LogP contribution in [-0.4, -0.2) is 65.7 Å². The van der Waals surface area contributed by atoms with Crippen LogP contribution in [-0.2, 0) is 32.7 Å². The van der Waals surface area contributed by atoms with Crippen molar-refractivity contribution in [3.05, 3.63) is 109 Å². The van der Waals surface area contributed by atoms with Gasteiger partial charge in [-0.2, -0.15) is 0 Å². The molecule has 0 aromatic carbocycles. The molecule has 3 atom stereocenters. The highest BCUT2D eigenvalue weighted by Gasteiger charge is 2.27. The predicted molar refractivity (Wildman–Crippen MR) is 223 cm³/mol. The highest BCUT2D eigenvalue weighted by atomic mass is 31.2. The van der Waals surface area contributed by atoms with E-state index in [1.165, 1.54) is 0 Å². The molecule has 0 aliphatic heterocycles. The minimum absolute atomic E-state index is 0.112. The van der Waals surface area contributed by atoms with Gasteiger partial charge in [-0.1, -0.05) is 123 Å². The molecule has 0 rings (SSSR count). The summed E-state index contributed by atoms with van der Waals surface area (Å²) in [5.41, 5.74) is 0. The number of carbonyl (C=O) groups is 2. The van der Waals surface area contributed by atoms with Crippen molar-refractivity contribution in [3.8, 4) is 0 Å². The number of carbonyl (C=O) groups excluding carboxylic acids is 2. The van der Waals surface area contributed by atoms with Crippen LogP contribution in [0.4, 0.5) is 0 Å². The third-order valence-electron chi connectivity index (χ3n) is 7.42. The topological polar surface area (TPSA) is 149 Å². The van der Waals surface area contributed by atoms with E-state index in [0.29, 0.717) is 19.3 Å². The van der Waals surface area contributed by atoms with Crippen LogP contribution in [0.15, 0.2) is 109 Å². The lowest BCUT2D eigenvalue weighted by Crippen LogP contribution is -2.29. The fraction of sp³-hybridized carbons (Fsp3) is 0.545. The molecule has 0 aliphatic carbocycles. The zero-order valence-corrected chi connectivity index (χ0v) is 34.2. The van der Waals surface area contributed by atoms with Crippen LogP contribution in [0.1, 0.15) is 117 Å². The van der Waals surface area contributed by atoms with Gasteiger partial charge >= 0.3 is 19.8 Å². The van der Waals surface area contributed by atoms with Gasteiger partial charge in [0.05, 0.1) is 19.8 Å². The van der Waals surface area contributed by atoms with Gasteiger partial charge in [-0.25, -0.2) is 4.57 Å². The van der Waals surface area contributed by atoms with Crippen molar-refractivity contribution >= 4 is 19.8 Å². The molecule has 0 aliphatic rings. The van der Waals surface area contributed by atoms with E-state index in [9.17, 15) is 24.2 Å². The van der Waals surface area contributed by atoms with Crippen LogP contribution >= 0.6 is 7.82 Å². The van der Waals surface area contributed by atoms with Crippen LogP contribution in [0.25, 0.3) is 0 Å². The van der Waals surface area contributed by atoms with E-state index in [-0.39, 0.29) is 19.4 Å². The minimum atomic E-state index is -4.65. The van der Waals surface area contributed by atoms with Crippen molar-refractivity contribution in [2.75, 3.05) is 26.4 Å². The van der Waals surface area contributed by atoms with E-state index in [4.69, 9.17) is 19.1 Å². The first kappa shape index (κ1) is 51.6. The maximum Gasteiger partial charge on any atom is 0.472 e. The second-order valence-electron chi connectivity index (χ2n) is 12.5. The Kier molecular flexibility index (Phi) is 36.5. The van der Waals surface area contributed by atoms with Crippen molar-refractivity contribution in [3.63, 3.8) is 0 Å². The number of allylic oxidation sites excluding steroid dienone is 18. The normalized spacial score (nSPS) is 15.1. The van der Waals surface area contributed by atoms with E-state index in [1.807, 2.05) is 12.2 Å². The highest BCUT2D eigenvalue weighted by Crippen LogP contribution is 2.43. The summed E-state index contributed by atoms with van der Waals surface area (Å²) < 4.78 is 32.5. The molecule has 0 spiro atoms. The molecular weight excluding hydrogens is 719 g/mol. The first-order chi connectivity index (χ1) is 26.7. The standard InChI is InChI=1S/C44H69O10P/c1-3-5-7-9-11-13-15-17-19-20-22-23-25-27-29-31-33-35-43(47)51-39-42(40-53-55(49,50)52-38-41(46)37-45)54-44(48)36-34-32-30-28-26-24-21-18-16-14-12-10-8-6-4-2/h5-8,11-14,17-19,21-23,26-29,41-42,45-46H,3-4,9-10,15-16,20,24-25,30-40H2,1-2H3,(H,49,50)/b7-5-,8-6-,13-11-,14-12-,19-17-,21-18-,23-22-,28-26-,29-27-/t41-,42+/m0/s1. The first-order valence-electron chi connectivity index (χ1n) is 19.8. The van der Waals surface area contributed by atoms with E-state index >= 15 is 0 Å². The van der Waals surface area contributed by atoms with Gasteiger partial charge in [-0.05, 0) is 89.9 Å². The smallest absolute Gasteiger partial charge is 0.462 e. The summed E-state index contributed by atoms with van der Waals surface area (Å²) in [6.07, 6.45) is 47.8. The summed E-state index contributed by atoms with van der Waals surface area (Å²) in [7, 11) is -4.65. The van der Waals surface area contributed by atoms with Crippen LogP contribution in [0, 0.1) is 0 Å². The Hall–Kier alpha value is -3.37. The van der Waals surface area contributed by atoms with Gasteiger partial charge in [0.2, 0.25) is 0 Å². The van der Waals surface area contributed by atoms with Crippen LogP contribution in [0.5, 0.6) is 0 Å². The van der Waals surface area contributed by atoms with Gasteiger partial charge in [-0.15, -0.1) is 0 Å². The van der Waals surface area contributed by atoms with E-state index in [1.54, 1.807) is 0 Å². The summed E-state index contributed by atoms with van der Waals surface area (Å²) >= 11 is 0. The summed E-state index contributed by atoms with van der Waals surface area (Å²) in [6.45, 7) is 1.99. The van der Waals surface area contributed by atoms with Crippen LogP contribution in [0.3, 0.4) is 0 Å². The Balaban J connectivity index is 4.54. The third-order valence-corrected chi connectivity index (χ3v) is 8.37. The molecule has 0 saturated carbocycles. The molecule has 0 amide bonds. The number of ether oxygens (including phenoxy) is 2. The lowest BCUT2D eigenvalue weighted by Gasteiger charge is -2.20. The number of rotatable bonds is 35. The van der Waals surface area contributed by atoms with Crippen LogP contribution in [0.2, 0.25) is 0 Å². The number of hydrogen-bond acceptors (Lipinski definition) is 9. The molecule has 0 radical (unpaired) electrons. The largest absolute Gasteiger partial charge is 0.472 e. The Labute approximate surface area is 331 Å². The van der Waals surface area contributed by atoms with Crippen molar-refractivity contribution < 1.29 is 47.8 Å². The molecule has 11 heteroatoms. The highest BCUT2D eigenvalue weighted by molar-refractivity contribution is 7.47. The summed E-state index contributed by atoms with van der Waals surface area (Å²) in [5.74, 6) is -1.06. The number of aliphatic hydroxyl groups excluding tert-OH is 2. The first-order valence-corrected chi connectivity index (χ1v) is 21.3. The van der Waals surface area contributed by atoms with E-state index in [2.05, 4.69) is 116 Å². The SMILES string of the molecule is CC/C=C\C/C=C\C/C=C\C/C=C\C/C=C\CCCC(=O)OC[C@H](COP(=O)(O)OC[C@@H](O)CO)OC(=O)CCCC/C=C\C/C=C\C/C=C\C/C=C\CC. The number of phosphoric ester groups is 1. The molecule has 1 unspecified atom stereocenters. The molecule has 0 bridgehead atoms. The van der Waals surface area contributed by atoms with Gasteiger partial charge in [0.25, 0.3) is 0 Å². The van der Waals surface area contributed by atoms with Crippen molar-refractivity contribution in [2.45, 2.75) is 129 Å². The molecule has 0 fully saturated rings. The fourth-order valence-electron chi connectivity index (χ4n) is 4.43. The van der Waals surface area contributed by atoms with Crippen LogP contribution < -0.4 is 0 Å². The van der Waals surface area contributed by atoms with E-state index in [0.717, 1.165) is 70.6 Å². The van der Waals surface area contributed by atoms with Gasteiger partial charge in [-0.3, -0.25) is 18.6 Å². The number of esters is 2. The minimum Gasteiger partial charge on any atom is -0.462 e. The average Bonchev–Trinajstić information content (AvgIpc) is 3.17. The third kappa shape index (κ3) is 38.7. The second kappa shape index (κ2) is 38.9. The van der Waals surface area contributed by atoms with Gasteiger partial charge < -0.3 is 24.6 Å². The molecule has 0 aromatic rings. The summed E-state index contributed by atoms with van der Waals surface area (Å²) in [4.78, 5) is 34.9. The molecule has 0 heterocycles. The Bertz CT molecular complexity index is 1270. The Morgan fingerprint density at radius 2 is 0.945 bits per heavy atom.